The Labute approximate surface area is 175 Å². The second kappa shape index (κ2) is 5.86. The number of aliphatic hydroxyl groups is 2. The first-order valence-electron chi connectivity index (χ1n) is 11.9. The predicted octanol–water partition coefficient (Wildman–Crippen LogP) is 4.10. The van der Waals surface area contributed by atoms with Crippen molar-refractivity contribution in [3.8, 4) is 6.07 Å². The summed E-state index contributed by atoms with van der Waals surface area (Å²) in [6.45, 7) is 9.10. The zero-order chi connectivity index (χ0) is 21.0. The minimum Gasteiger partial charge on any atom is -0.389 e. The van der Waals surface area contributed by atoms with Crippen molar-refractivity contribution in [1.29, 1.82) is 5.26 Å². The van der Waals surface area contributed by atoms with E-state index in [2.05, 4.69) is 33.8 Å². The molecule has 0 aromatic rings. The average molecular weight is 400 g/mol. The normalized spacial score (nSPS) is 60.4. The van der Waals surface area contributed by atoms with E-state index in [1.54, 1.807) is 0 Å². The van der Waals surface area contributed by atoms with Crippen LogP contribution in [0.25, 0.3) is 0 Å². The van der Waals surface area contributed by atoms with Gasteiger partial charge in [-0.15, -0.1) is 0 Å². The van der Waals surface area contributed by atoms with Crippen LogP contribution in [0.2, 0.25) is 0 Å². The molecule has 160 valence electrons. The highest BCUT2D eigenvalue weighted by atomic mass is 16.3. The Morgan fingerprint density at radius 2 is 1.86 bits per heavy atom. The second-order valence-corrected chi connectivity index (χ2v) is 12.0. The van der Waals surface area contributed by atoms with Gasteiger partial charge in [-0.2, -0.15) is 5.26 Å². The molecule has 5 aliphatic rings. The summed E-state index contributed by atoms with van der Waals surface area (Å²) in [5.74, 6) is 3.01. The quantitative estimate of drug-likeness (QED) is 0.733. The minimum absolute atomic E-state index is 0.159. The molecule has 5 saturated carbocycles. The van der Waals surface area contributed by atoms with E-state index in [0.717, 1.165) is 25.7 Å². The van der Waals surface area contributed by atoms with Crippen LogP contribution in [0.5, 0.6) is 0 Å². The van der Waals surface area contributed by atoms with Gasteiger partial charge in [-0.05, 0) is 78.9 Å². The van der Waals surface area contributed by atoms with E-state index in [4.69, 9.17) is 0 Å². The van der Waals surface area contributed by atoms with Crippen LogP contribution in [-0.4, -0.2) is 27.2 Å². The van der Waals surface area contributed by atoms with Crippen LogP contribution in [0.3, 0.4) is 0 Å². The highest BCUT2D eigenvalue weighted by Gasteiger charge is 2.77. The average Bonchev–Trinajstić information content (AvgIpc) is 3.46. The van der Waals surface area contributed by atoms with Crippen LogP contribution >= 0.6 is 0 Å². The summed E-state index contributed by atoms with van der Waals surface area (Å²) in [7, 11) is 0. The van der Waals surface area contributed by atoms with E-state index >= 15 is 0 Å². The van der Waals surface area contributed by atoms with Gasteiger partial charge in [0, 0.05) is 24.7 Å². The van der Waals surface area contributed by atoms with Gasteiger partial charge in [0.25, 0.3) is 0 Å². The molecular formula is C25H37NO3. The number of Topliss-reactive ketones (excluding diaryl/α,β-unsaturated/α-hetero) is 1. The Hall–Kier alpha value is -0.920. The molecule has 0 bridgehead atoms. The smallest absolute Gasteiger partial charge is 0.135 e. The molecule has 0 aliphatic heterocycles. The number of rotatable bonds is 2. The number of hydrogen-bond acceptors (Lipinski definition) is 4. The van der Waals surface area contributed by atoms with Gasteiger partial charge in [0.15, 0.2) is 0 Å². The number of hydrogen-bond donors (Lipinski definition) is 2. The molecule has 0 aromatic carbocycles. The number of carbonyl (C=O) groups is 1. The van der Waals surface area contributed by atoms with Crippen molar-refractivity contribution in [3.63, 3.8) is 0 Å². The molecule has 29 heavy (non-hydrogen) atoms. The molecule has 0 radical (unpaired) electrons. The van der Waals surface area contributed by atoms with Crippen LogP contribution in [0.4, 0.5) is 0 Å². The lowest BCUT2D eigenvalue weighted by molar-refractivity contribution is -0.220. The largest absolute Gasteiger partial charge is 0.389 e. The standard InChI is InChI=1S/C25H37NO3/c1-14-15(2)24(28,8-5-11-26)23(4)10-7-18-20(21(14)23)17-12-19(17)25(29)13-16(27)6-9-22(18,25)3/h14-15,17-21,28-29H,5-10,12-13H2,1-4H3/t14-,15?,17?,18?,19?,20?,21?,22-,23+,24+,25-/m1/s1. The lowest BCUT2D eigenvalue weighted by Gasteiger charge is -2.63. The molecule has 0 heterocycles. The molecule has 11 atom stereocenters. The number of nitrogens with zero attached hydrogens (tertiary/aromatic N) is 1. The monoisotopic (exact) mass is 399 g/mol. The molecule has 4 nitrogen and oxygen atoms in total. The fourth-order valence-corrected chi connectivity index (χ4v) is 9.72. The summed E-state index contributed by atoms with van der Waals surface area (Å²) in [5, 5.41) is 33.0. The van der Waals surface area contributed by atoms with Crippen LogP contribution in [-0.2, 0) is 4.79 Å². The van der Waals surface area contributed by atoms with E-state index in [-0.39, 0.29) is 28.4 Å². The number of carbonyl (C=O) groups excluding carboxylic acids is 1. The topological polar surface area (TPSA) is 81.3 Å². The second-order valence-electron chi connectivity index (χ2n) is 12.0. The van der Waals surface area contributed by atoms with Crippen molar-refractivity contribution in [2.24, 2.45) is 52.3 Å². The third-order valence-corrected chi connectivity index (χ3v) is 11.4. The van der Waals surface area contributed by atoms with Gasteiger partial charge in [-0.3, -0.25) is 4.79 Å². The van der Waals surface area contributed by atoms with E-state index in [9.17, 15) is 20.3 Å². The zero-order valence-electron chi connectivity index (χ0n) is 18.4. The lowest BCUT2D eigenvalue weighted by Crippen LogP contribution is -2.65. The zero-order valence-corrected chi connectivity index (χ0v) is 18.4. The summed E-state index contributed by atoms with van der Waals surface area (Å²) in [6, 6.07) is 2.27. The van der Waals surface area contributed by atoms with E-state index in [0.29, 0.717) is 55.3 Å². The van der Waals surface area contributed by atoms with Crippen LogP contribution in [0.1, 0.15) is 79.1 Å². The van der Waals surface area contributed by atoms with Crippen LogP contribution < -0.4 is 0 Å². The number of fused-ring (bicyclic) bond motifs is 8. The molecule has 6 unspecified atom stereocenters. The van der Waals surface area contributed by atoms with E-state index in [1.807, 2.05) is 0 Å². The van der Waals surface area contributed by atoms with Gasteiger partial charge in [0.05, 0.1) is 17.3 Å². The highest BCUT2D eigenvalue weighted by molar-refractivity contribution is 5.81. The molecule has 0 amide bonds. The molecular weight excluding hydrogens is 362 g/mol. The Balaban J connectivity index is 1.56. The number of nitriles is 1. The maximum Gasteiger partial charge on any atom is 0.135 e. The van der Waals surface area contributed by atoms with Gasteiger partial charge in [-0.25, -0.2) is 0 Å². The van der Waals surface area contributed by atoms with Gasteiger partial charge < -0.3 is 10.2 Å². The molecule has 5 aliphatic carbocycles. The SMILES string of the molecule is CC1[C@@H](C)C2C3C4CC4[C@]4(O)CC(=O)CC[C@]4(C)C3CC[C@]2(C)[C@]1(O)CCC#N. The number of ketones is 1. The first kappa shape index (κ1) is 20.0. The Kier molecular flexibility index (Phi) is 4.04. The van der Waals surface area contributed by atoms with Gasteiger partial charge in [0.1, 0.15) is 5.78 Å². The minimum atomic E-state index is -0.813. The summed E-state index contributed by atoms with van der Waals surface area (Å²) < 4.78 is 0. The summed E-state index contributed by atoms with van der Waals surface area (Å²) in [5.41, 5.74) is -1.93. The molecule has 0 aromatic heterocycles. The predicted molar refractivity (Wildman–Crippen MR) is 109 cm³/mol. The third-order valence-electron chi connectivity index (χ3n) is 11.4. The summed E-state index contributed by atoms with van der Waals surface area (Å²) in [6.07, 6.45) is 5.81. The fourth-order valence-electron chi connectivity index (χ4n) is 9.72. The maximum atomic E-state index is 12.3. The third kappa shape index (κ3) is 2.15. The van der Waals surface area contributed by atoms with Gasteiger partial charge in [0.2, 0.25) is 0 Å². The van der Waals surface area contributed by atoms with Crippen LogP contribution in [0.15, 0.2) is 0 Å². The van der Waals surface area contributed by atoms with E-state index < -0.39 is 11.2 Å². The molecule has 0 spiro atoms. The Morgan fingerprint density at radius 3 is 2.55 bits per heavy atom. The maximum absolute atomic E-state index is 12.3. The first-order chi connectivity index (χ1) is 13.5. The summed E-state index contributed by atoms with van der Waals surface area (Å²) >= 11 is 0. The Bertz CT molecular complexity index is 789. The fraction of sp³-hybridized carbons (Fsp3) is 0.920. The van der Waals surface area contributed by atoms with Crippen LogP contribution in [0, 0.1) is 63.6 Å². The molecule has 4 heteroatoms. The van der Waals surface area contributed by atoms with Gasteiger partial charge >= 0.3 is 0 Å². The van der Waals surface area contributed by atoms with Crippen molar-refractivity contribution in [1.82, 2.24) is 0 Å². The molecule has 0 saturated heterocycles. The first-order valence-corrected chi connectivity index (χ1v) is 11.9. The molecule has 5 rings (SSSR count). The van der Waals surface area contributed by atoms with Crippen molar-refractivity contribution in [3.05, 3.63) is 0 Å². The van der Waals surface area contributed by atoms with Crippen molar-refractivity contribution < 1.29 is 15.0 Å². The van der Waals surface area contributed by atoms with Crippen molar-refractivity contribution in [2.75, 3.05) is 0 Å². The molecule has 2 N–H and O–H groups in total. The highest BCUT2D eigenvalue weighted by Crippen LogP contribution is 2.78. The van der Waals surface area contributed by atoms with Gasteiger partial charge in [-0.1, -0.05) is 27.7 Å². The summed E-state index contributed by atoms with van der Waals surface area (Å²) in [4.78, 5) is 12.3. The van der Waals surface area contributed by atoms with Crippen molar-refractivity contribution >= 4 is 5.78 Å². The van der Waals surface area contributed by atoms with E-state index in [1.165, 1.54) is 0 Å². The molecule has 5 fully saturated rings. The lowest BCUT2D eigenvalue weighted by atomic mass is 9.42. The Morgan fingerprint density at radius 1 is 1.14 bits per heavy atom. The van der Waals surface area contributed by atoms with Crippen molar-refractivity contribution in [2.45, 2.75) is 90.3 Å².